The molecule has 3 aromatic carbocycles. The van der Waals surface area contributed by atoms with Crippen LogP contribution >= 0.6 is 0 Å². The van der Waals surface area contributed by atoms with Crippen molar-refractivity contribution in [3.05, 3.63) is 83.9 Å². The van der Waals surface area contributed by atoms with E-state index in [1.165, 1.54) is 5.56 Å². The van der Waals surface area contributed by atoms with Crippen LogP contribution in [0.5, 0.6) is 0 Å². The zero-order chi connectivity index (χ0) is 20.4. The van der Waals surface area contributed by atoms with E-state index in [9.17, 15) is 0 Å². The van der Waals surface area contributed by atoms with Gasteiger partial charge in [-0.2, -0.15) is 0 Å². The molecule has 0 N–H and O–H groups in total. The van der Waals surface area contributed by atoms with E-state index in [4.69, 9.17) is 10.8 Å². The fraction of sp³-hybridized carbons (Fsp3) is 0.154. The monoisotopic (exact) mass is 378 g/mol. The molecule has 0 atom stereocenters. The second-order valence-corrected chi connectivity index (χ2v) is 8.04. The number of rotatable bonds is 3. The van der Waals surface area contributed by atoms with E-state index in [-0.39, 0.29) is 5.41 Å². The van der Waals surface area contributed by atoms with Gasteiger partial charge < -0.3 is 4.42 Å². The Labute approximate surface area is 171 Å². The summed E-state index contributed by atoms with van der Waals surface area (Å²) in [6.07, 6.45) is 5.50. The quantitative estimate of drug-likeness (QED) is 0.390. The number of benzene rings is 3. The third-order valence-electron chi connectivity index (χ3n) is 4.92. The van der Waals surface area contributed by atoms with Gasteiger partial charge in [0.2, 0.25) is 11.8 Å². The lowest BCUT2D eigenvalue weighted by molar-refractivity contribution is 0.582. The molecule has 0 aliphatic rings. The molecule has 4 rings (SSSR count). The SMILES string of the molecule is C#Cc1cccc(-c2ccc(-c3nnc(-c4ccc(C(C)(C)C)cc4)o3)cc2)c1. The van der Waals surface area contributed by atoms with Crippen LogP contribution < -0.4 is 0 Å². The molecule has 0 unspecified atom stereocenters. The predicted molar refractivity (Wildman–Crippen MR) is 117 cm³/mol. The van der Waals surface area contributed by atoms with Gasteiger partial charge in [0.05, 0.1) is 0 Å². The van der Waals surface area contributed by atoms with Crippen molar-refractivity contribution in [1.29, 1.82) is 0 Å². The molecule has 1 heterocycles. The molecule has 142 valence electrons. The number of hydrogen-bond donors (Lipinski definition) is 0. The minimum atomic E-state index is 0.111. The first-order valence-electron chi connectivity index (χ1n) is 9.56. The molecule has 0 aliphatic heterocycles. The summed E-state index contributed by atoms with van der Waals surface area (Å²) in [7, 11) is 0. The zero-order valence-electron chi connectivity index (χ0n) is 16.8. The normalized spacial score (nSPS) is 11.2. The van der Waals surface area contributed by atoms with Gasteiger partial charge in [-0.15, -0.1) is 16.6 Å². The first kappa shape index (κ1) is 18.7. The fourth-order valence-electron chi connectivity index (χ4n) is 3.16. The molecular weight excluding hydrogens is 356 g/mol. The molecule has 0 saturated heterocycles. The third-order valence-corrected chi connectivity index (χ3v) is 4.92. The first-order valence-corrected chi connectivity index (χ1v) is 9.56. The largest absolute Gasteiger partial charge is 0.416 e. The average Bonchev–Trinajstić information content (AvgIpc) is 3.24. The van der Waals surface area contributed by atoms with Gasteiger partial charge in [0.1, 0.15) is 0 Å². The van der Waals surface area contributed by atoms with Crippen molar-refractivity contribution < 1.29 is 4.42 Å². The molecule has 1 aromatic heterocycles. The molecule has 0 saturated carbocycles. The highest BCUT2D eigenvalue weighted by molar-refractivity contribution is 5.69. The molecule has 0 aliphatic carbocycles. The number of terminal acetylenes is 1. The molecule has 3 nitrogen and oxygen atoms in total. The molecule has 0 bridgehead atoms. The topological polar surface area (TPSA) is 38.9 Å². The fourth-order valence-corrected chi connectivity index (χ4v) is 3.16. The minimum absolute atomic E-state index is 0.111. The third kappa shape index (κ3) is 3.97. The Morgan fingerprint density at radius 1 is 0.724 bits per heavy atom. The molecule has 4 aromatic rings. The van der Waals surface area contributed by atoms with E-state index < -0.39 is 0 Å². The minimum Gasteiger partial charge on any atom is -0.416 e. The van der Waals surface area contributed by atoms with Crippen molar-refractivity contribution in [1.82, 2.24) is 10.2 Å². The highest BCUT2D eigenvalue weighted by Crippen LogP contribution is 2.29. The summed E-state index contributed by atoms with van der Waals surface area (Å²) >= 11 is 0. The van der Waals surface area contributed by atoms with Crippen LogP contribution in [0.25, 0.3) is 34.0 Å². The van der Waals surface area contributed by atoms with Gasteiger partial charge >= 0.3 is 0 Å². The lowest BCUT2D eigenvalue weighted by atomic mass is 9.87. The van der Waals surface area contributed by atoms with Crippen molar-refractivity contribution in [2.24, 2.45) is 0 Å². The Bertz CT molecular complexity index is 1170. The summed E-state index contributed by atoms with van der Waals surface area (Å²) in [6.45, 7) is 6.58. The maximum atomic E-state index is 5.91. The Morgan fingerprint density at radius 3 is 1.83 bits per heavy atom. The summed E-state index contributed by atoms with van der Waals surface area (Å²) in [5.74, 6) is 3.69. The Balaban J connectivity index is 1.57. The Kier molecular flexibility index (Phi) is 4.78. The van der Waals surface area contributed by atoms with Crippen molar-refractivity contribution in [2.75, 3.05) is 0 Å². The highest BCUT2D eigenvalue weighted by Gasteiger charge is 2.15. The molecular formula is C26H22N2O. The van der Waals surface area contributed by atoms with E-state index >= 15 is 0 Å². The highest BCUT2D eigenvalue weighted by atomic mass is 16.4. The van der Waals surface area contributed by atoms with Gasteiger partial charge in [-0.1, -0.05) is 63.1 Å². The van der Waals surface area contributed by atoms with Crippen molar-refractivity contribution in [2.45, 2.75) is 26.2 Å². The van der Waals surface area contributed by atoms with E-state index in [0.717, 1.165) is 27.8 Å². The van der Waals surface area contributed by atoms with Gasteiger partial charge in [0.25, 0.3) is 0 Å². The zero-order valence-corrected chi connectivity index (χ0v) is 16.8. The molecule has 0 radical (unpaired) electrons. The molecule has 0 spiro atoms. The molecule has 3 heteroatoms. The summed E-state index contributed by atoms with van der Waals surface area (Å²) in [5, 5.41) is 8.44. The van der Waals surface area contributed by atoms with Crippen molar-refractivity contribution in [3.8, 4) is 46.4 Å². The van der Waals surface area contributed by atoms with Gasteiger partial charge in [0.15, 0.2) is 0 Å². The number of aromatic nitrogens is 2. The van der Waals surface area contributed by atoms with Crippen LogP contribution in [0.4, 0.5) is 0 Å². The van der Waals surface area contributed by atoms with Crippen LogP contribution in [-0.4, -0.2) is 10.2 Å². The lowest BCUT2D eigenvalue weighted by Gasteiger charge is -2.18. The lowest BCUT2D eigenvalue weighted by Crippen LogP contribution is -2.10. The predicted octanol–water partition coefficient (Wildman–Crippen LogP) is 6.35. The van der Waals surface area contributed by atoms with Crippen LogP contribution in [0.3, 0.4) is 0 Å². The van der Waals surface area contributed by atoms with Crippen LogP contribution in [0.1, 0.15) is 31.9 Å². The second-order valence-electron chi connectivity index (χ2n) is 8.04. The molecule has 0 fully saturated rings. The summed E-state index contributed by atoms with van der Waals surface area (Å²) in [6, 6.07) is 24.2. The summed E-state index contributed by atoms with van der Waals surface area (Å²) < 4.78 is 5.91. The summed E-state index contributed by atoms with van der Waals surface area (Å²) in [5.41, 5.74) is 6.21. The summed E-state index contributed by atoms with van der Waals surface area (Å²) in [4.78, 5) is 0. The number of nitrogens with zero attached hydrogens (tertiary/aromatic N) is 2. The molecule has 0 amide bonds. The number of hydrogen-bond acceptors (Lipinski definition) is 3. The Hall–Kier alpha value is -3.64. The van der Waals surface area contributed by atoms with Gasteiger partial charge in [0, 0.05) is 16.7 Å². The van der Waals surface area contributed by atoms with Crippen LogP contribution in [-0.2, 0) is 5.41 Å². The standard InChI is InChI=1S/C26H22N2O/c1-5-18-7-6-8-22(17-18)19-9-11-20(12-10-19)24-27-28-25(29-24)21-13-15-23(16-14-21)26(2,3)4/h1,6-17H,2-4H3. The van der Waals surface area contributed by atoms with Gasteiger partial charge in [-0.05, 0) is 58.5 Å². The smallest absolute Gasteiger partial charge is 0.248 e. The first-order chi connectivity index (χ1) is 13.9. The Morgan fingerprint density at radius 2 is 1.28 bits per heavy atom. The van der Waals surface area contributed by atoms with Gasteiger partial charge in [-0.3, -0.25) is 0 Å². The molecule has 29 heavy (non-hydrogen) atoms. The van der Waals surface area contributed by atoms with Crippen LogP contribution in [0.2, 0.25) is 0 Å². The van der Waals surface area contributed by atoms with Crippen LogP contribution in [0.15, 0.2) is 77.2 Å². The van der Waals surface area contributed by atoms with E-state index in [0.29, 0.717) is 11.8 Å². The maximum Gasteiger partial charge on any atom is 0.248 e. The maximum absolute atomic E-state index is 5.91. The van der Waals surface area contributed by atoms with Crippen molar-refractivity contribution in [3.63, 3.8) is 0 Å². The van der Waals surface area contributed by atoms with E-state index in [1.807, 2.05) is 60.7 Å². The van der Waals surface area contributed by atoms with Crippen molar-refractivity contribution >= 4 is 0 Å². The average molecular weight is 378 g/mol. The van der Waals surface area contributed by atoms with Gasteiger partial charge in [-0.25, -0.2) is 0 Å². The van der Waals surface area contributed by atoms with Crippen LogP contribution in [0, 0.1) is 12.3 Å². The van der Waals surface area contributed by atoms with E-state index in [1.54, 1.807) is 0 Å². The second kappa shape index (κ2) is 7.41. The van der Waals surface area contributed by atoms with E-state index in [2.05, 4.69) is 49.0 Å².